The lowest BCUT2D eigenvalue weighted by Crippen LogP contribution is -2.22. The predicted molar refractivity (Wildman–Crippen MR) is 84.5 cm³/mol. The summed E-state index contributed by atoms with van der Waals surface area (Å²) in [6.07, 6.45) is 6.85. The Kier molecular flexibility index (Phi) is 4.49. The summed E-state index contributed by atoms with van der Waals surface area (Å²) in [5.41, 5.74) is 1.54. The van der Waals surface area contributed by atoms with E-state index in [0.29, 0.717) is 11.4 Å². The van der Waals surface area contributed by atoms with Crippen molar-refractivity contribution < 1.29 is 5.11 Å². The quantitative estimate of drug-likeness (QED) is 0.812. The van der Waals surface area contributed by atoms with Crippen LogP contribution in [0.15, 0.2) is 48.5 Å². The second kappa shape index (κ2) is 6.13. The van der Waals surface area contributed by atoms with Crippen molar-refractivity contribution in [1.29, 1.82) is 0 Å². The van der Waals surface area contributed by atoms with Crippen LogP contribution in [0.5, 0.6) is 0 Å². The summed E-state index contributed by atoms with van der Waals surface area (Å²) >= 11 is 6.18. The Morgan fingerprint density at radius 2 is 1.80 bits per heavy atom. The molecule has 1 nitrogen and oxygen atoms in total. The predicted octanol–water partition coefficient (Wildman–Crippen LogP) is 4.63. The first kappa shape index (κ1) is 14.7. The first-order valence-electron chi connectivity index (χ1n) is 6.66. The average molecular weight is 285 g/mol. The molecule has 0 aliphatic rings. The SMILES string of the molecule is C#CC(O)(CCC)c1ccc(-c2ccccc2Cl)cc1. The van der Waals surface area contributed by atoms with Crippen LogP contribution >= 0.6 is 11.6 Å². The van der Waals surface area contributed by atoms with Gasteiger partial charge in [0.1, 0.15) is 0 Å². The van der Waals surface area contributed by atoms with Crippen molar-refractivity contribution in [1.82, 2.24) is 0 Å². The van der Waals surface area contributed by atoms with Crippen LogP contribution in [-0.2, 0) is 5.60 Å². The van der Waals surface area contributed by atoms with Gasteiger partial charge in [0.25, 0.3) is 0 Å². The van der Waals surface area contributed by atoms with Crippen molar-refractivity contribution in [2.45, 2.75) is 25.4 Å². The molecule has 2 rings (SSSR count). The molecule has 2 aromatic carbocycles. The monoisotopic (exact) mass is 284 g/mol. The number of benzene rings is 2. The fourth-order valence-corrected chi connectivity index (χ4v) is 2.53. The normalized spacial score (nSPS) is 13.5. The molecule has 1 N–H and O–H groups in total. The van der Waals surface area contributed by atoms with Crippen LogP contribution in [0.2, 0.25) is 5.02 Å². The van der Waals surface area contributed by atoms with E-state index >= 15 is 0 Å². The number of terminal acetylenes is 1. The maximum absolute atomic E-state index is 10.4. The second-order valence-corrected chi connectivity index (χ2v) is 5.22. The third-order valence-electron chi connectivity index (χ3n) is 3.40. The zero-order valence-electron chi connectivity index (χ0n) is 11.4. The third-order valence-corrected chi connectivity index (χ3v) is 3.73. The van der Waals surface area contributed by atoms with Crippen LogP contribution in [-0.4, -0.2) is 5.11 Å². The molecule has 0 saturated heterocycles. The van der Waals surface area contributed by atoms with Gasteiger partial charge in [-0.3, -0.25) is 0 Å². The lowest BCUT2D eigenvalue weighted by molar-refractivity contribution is 0.0896. The standard InChI is InChI=1S/C18H17ClO/c1-3-13-18(20,4-2)15-11-9-14(10-12-15)16-7-5-6-8-17(16)19/h2,5-12,20H,3,13H2,1H3. The van der Waals surface area contributed by atoms with E-state index in [0.717, 1.165) is 23.1 Å². The molecule has 0 saturated carbocycles. The van der Waals surface area contributed by atoms with Gasteiger partial charge >= 0.3 is 0 Å². The number of hydrogen-bond acceptors (Lipinski definition) is 1. The molecule has 0 spiro atoms. The molecule has 0 radical (unpaired) electrons. The highest BCUT2D eigenvalue weighted by atomic mass is 35.5. The Labute approximate surface area is 125 Å². The molecule has 0 amide bonds. The highest BCUT2D eigenvalue weighted by Gasteiger charge is 2.25. The molecular weight excluding hydrogens is 268 g/mol. The minimum absolute atomic E-state index is 0.551. The second-order valence-electron chi connectivity index (χ2n) is 4.81. The van der Waals surface area contributed by atoms with Gasteiger partial charge in [-0.05, 0) is 23.6 Å². The van der Waals surface area contributed by atoms with E-state index in [9.17, 15) is 5.11 Å². The van der Waals surface area contributed by atoms with Gasteiger partial charge in [-0.15, -0.1) is 6.42 Å². The Bertz CT molecular complexity index is 625. The molecule has 0 heterocycles. The summed E-state index contributed by atoms with van der Waals surface area (Å²) in [7, 11) is 0. The van der Waals surface area contributed by atoms with Crippen molar-refractivity contribution in [3.05, 3.63) is 59.1 Å². The molecule has 102 valence electrons. The van der Waals surface area contributed by atoms with Crippen LogP contribution in [0.1, 0.15) is 25.3 Å². The Morgan fingerprint density at radius 3 is 2.35 bits per heavy atom. The van der Waals surface area contributed by atoms with Crippen molar-refractivity contribution in [2.24, 2.45) is 0 Å². The fraction of sp³-hybridized carbons (Fsp3) is 0.222. The van der Waals surface area contributed by atoms with E-state index < -0.39 is 5.60 Å². The first-order valence-corrected chi connectivity index (χ1v) is 7.04. The van der Waals surface area contributed by atoms with Crippen LogP contribution < -0.4 is 0 Å². The van der Waals surface area contributed by atoms with E-state index in [4.69, 9.17) is 18.0 Å². The molecule has 0 aromatic heterocycles. The molecule has 0 fully saturated rings. The summed E-state index contributed by atoms with van der Waals surface area (Å²) in [4.78, 5) is 0. The van der Waals surface area contributed by atoms with Crippen molar-refractivity contribution >= 4 is 11.6 Å². The highest BCUT2D eigenvalue weighted by molar-refractivity contribution is 6.33. The van der Waals surface area contributed by atoms with Crippen LogP contribution in [0.3, 0.4) is 0 Å². The van der Waals surface area contributed by atoms with Gasteiger partial charge in [-0.2, -0.15) is 0 Å². The Balaban J connectivity index is 2.36. The van der Waals surface area contributed by atoms with Gasteiger partial charge in [0.05, 0.1) is 0 Å². The topological polar surface area (TPSA) is 20.2 Å². The number of aliphatic hydroxyl groups is 1. The summed E-state index contributed by atoms with van der Waals surface area (Å²) < 4.78 is 0. The van der Waals surface area contributed by atoms with Crippen molar-refractivity contribution in [3.8, 4) is 23.5 Å². The minimum atomic E-state index is -1.19. The van der Waals surface area contributed by atoms with E-state index in [1.807, 2.05) is 55.5 Å². The summed E-state index contributed by atoms with van der Waals surface area (Å²) in [6.45, 7) is 2.00. The zero-order valence-corrected chi connectivity index (χ0v) is 12.2. The lowest BCUT2D eigenvalue weighted by atomic mass is 9.89. The Hall–Kier alpha value is -1.75. The van der Waals surface area contributed by atoms with Crippen LogP contribution in [0.25, 0.3) is 11.1 Å². The molecular formula is C18H17ClO. The highest BCUT2D eigenvalue weighted by Crippen LogP contribution is 2.31. The molecule has 0 bridgehead atoms. The van der Waals surface area contributed by atoms with Gasteiger partial charge in [0.2, 0.25) is 0 Å². The average Bonchev–Trinajstić information content (AvgIpc) is 2.48. The first-order chi connectivity index (χ1) is 9.60. The Morgan fingerprint density at radius 1 is 1.15 bits per heavy atom. The zero-order chi connectivity index (χ0) is 14.6. The molecule has 0 aliphatic heterocycles. The van der Waals surface area contributed by atoms with Crippen LogP contribution in [0.4, 0.5) is 0 Å². The van der Waals surface area contributed by atoms with E-state index in [-0.39, 0.29) is 0 Å². The largest absolute Gasteiger partial charge is 0.373 e. The summed E-state index contributed by atoms with van der Waals surface area (Å²) in [6, 6.07) is 15.3. The minimum Gasteiger partial charge on any atom is -0.373 e. The third kappa shape index (κ3) is 2.88. The maximum Gasteiger partial charge on any atom is 0.150 e. The van der Waals surface area contributed by atoms with Gasteiger partial charge in [-0.1, -0.05) is 73.3 Å². The van der Waals surface area contributed by atoms with Gasteiger partial charge < -0.3 is 5.11 Å². The molecule has 2 heteroatoms. The maximum atomic E-state index is 10.4. The van der Waals surface area contributed by atoms with E-state index in [1.165, 1.54) is 0 Å². The van der Waals surface area contributed by atoms with E-state index in [1.54, 1.807) is 0 Å². The number of halogens is 1. The van der Waals surface area contributed by atoms with Gasteiger partial charge in [0, 0.05) is 10.6 Å². The summed E-state index contributed by atoms with van der Waals surface area (Å²) in [5.74, 6) is 2.50. The molecule has 2 aromatic rings. The van der Waals surface area contributed by atoms with Gasteiger partial charge in [0.15, 0.2) is 5.60 Å². The number of hydrogen-bond donors (Lipinski definition) is 1. The number of rotatable bonds is 4. The lowest BCUT2D eigenvalue weighted by Gasteiger charge is -2.22. The smallest absolute Gasteiger partial charge is 0.150 e. The molecule has 1 atom stereocenters. The molecule has 0 aliphatic carbocycles. The van der Waals surface area contributed by atoms with E-state index in [2.05, 4.69) is 5.92 Å². The summed E-state index contributed by atoms with van der Waals surface area (Å²) in [5, 5.41) is 11.2. The van der Waals surface area contributed by atoms with Crippen molar-refractivity contribution in [2.75, 3.05) is 0 Å². The molecule has 1 unspecified atom stereocenters. The fourth-order valence-electron chi connectivity index (χ4n) is 2.28. The van der Waals surface area contributed by atoms with Crippen LogP contribution in [0, 0.1) is 12.3 Å². The van der Waals surface area contributed by atoms with Crippen molar-refractivity contribution in [3.63, 3.8) is 0 Å². The van der Waals surface area contributed by atoms with Gasteiger partial charge in [-0.25, -0.2) is 0 Å². The molecule has 20 heavy (non-hydrogen) atoms.